The molecule has 2 aliphatic rings. The second-order valence-electron chi connectivity index (χ2n) is 8.04. The summed E-state index contributed by atoms with van der Waals surface area (Å²) in [6.45, 7) is 5.05. The van der Waals surface area contributed by atoms with Crippen LogP contribution in [0.25, 0.3) is 5.95 Å². The molecule has 0 bridgehead atoms. The first-order chi connectivity index (χ1) is 15.6. The molecule has 9 nitrogen and oxygen atoms in total. The molecule has 1 saturated heterocycles. The lowest BCUT2D eigenvalue weighted by Gasteiger charge is -2.27. The minimum absolute atomic E-state index is 0.00601. The van der Waals surface area contributed by atoms with Gasteiger partial charge in [0.25, 0.3) is 0 Å². The fourth-order valence-electron chi connectivity index (χ4n) is 4.18. The normalized spacial score (nSPS) is 18.1. The van der Waals surface area contributed by atoms with Gasteiger partial charge in [-0.05, 0) is 43.9 Å². The van der Waals surface area contributed by atoms with Crippen LogP contribution in [-0.2, 0) is 11.2 Å². The van der Waals surface area contributed by atoms with E-state index in [1.165, 1.54) is 0 Å². The summed E-state index contributed by atoms with van der Waals surface area (Å²) in [4.78, 5) is 28.8. The number of carbonyl (C=O) groups is 1. The van der Waals surface area contributed by atoms with Gasteiger partial charge in [0.15, 0.2) is 11.5 Å². The lowest BCUT2D eigenvalue weighted by atomic mass is 10.1. The van der Waals surface area contributed by atoms with E-state index in [9.17, 15) is 4.79 Å². The molecule has 5 rings (SSSR count). The van der Waals surface area contributed by atoms with Gasteiger partial charge in [-0.15, -0.1) is 0 Å². The van der Waals surface area contributed by atoms with Crippen LogP contribution in [0, 0.1) is 0 Å². The van der Waals surface area contributed by atoms with E-state index in [1.807, 2.05) is 37.4 Å². The molecular formula is C23H26N6O3. The Kier molecular flexibility index (Phi) is 5.38. The number of imidazole rings is 1. The molecule has 0 spiro atoms. The predicted molar refractivity (Wildman–Crippen MR) is 118 cm³/mol. The molecule has 1 N–H and O–H groups in total. The SMILES string of the molecule is CCc1cc(N2CCCC2C(=O)NC(C)c2ccc3c(c2)OCO3)nc(-n2ccnc2)n1. The Bertz CT molecular complexity index is 1120. The van der Waals surface area contributed by atoms with Crippen LogP contribution in [0.5, 0.6) is 11.5 Å². The van der Waals surface area contributed by atoms with Gasteiger partial charge >= 0.3 is 0 Å². The topological polar surface area (TPSA) is 94.4 Å². The average Bonchev–Trinajstić information content (AvgIpc) is 3.59. The lowest BCUT2D eigenvalue weighted by Crippen LogP contribution is -2.44. The first-order valence-electron chi connectivity index (χ1n) is 10.9. The summed E-state index contributed by atoms with van der Waals surface area (Å²) in [6, 6.07) is 7.31. The maximum atomic E-state index is 13.2. The van der Waals surface area contributed by atoms with E-state index in [0.717, 1.165) is 48.6 Å². The zero-order valence-electron chi connectivity index (χ0n) is 18.2. The van der Waals surface area contributed by atoms with Gasteiger partial charge in [0.1, 0.15) is 18.2 Å². The second-order valence-corrected chi connectivity index (χ2v) is 8.04. The second kappa shape index (κ2) is 8.49. The van der Waals surface area contributed by atoms with Crippen LogP contribution >= 0.6 is 0 Å². The number of ether oxygens (including phenoxy) is 2. The van der Waals surface area contributed by atoms with Crippen molar-refractivity contribution >= 4 is 11.7 Å². The van der Waals surface area contributed by atoms with Crippen molar-refractivity contribution in [1.82, 2.24) is 24.8 Å². The fourth-order valence-corrected chi connectivity index (χ4v) is 4.18. The molecule has 0 saturated carbocycles. The van der Waals surface area contributed by atoms with E-state index >= 15 is 0 Å². The highest BCUT2D eigenvalue weighted by atomic mass is 16.7. The standard InChI is InChI=1S/C23H26N6O3/c1-3-17-12-21(27-23(26-17)28-10-8-24-13-28)29-9-4-5-18(29)22(30)25-15(2)16-6-7-19-20(11-16)32-14-31-19/h6-8,10-13,15,18H,3-5,9,14H2,1-2H3,(H,25,30). The highest BCUT2D eigenvalue weighted by molar-refractivity contribution is 5.86. The summed E-state index contributed by atoms with van der Waals surface area (Å²) in [5.74, 6) is 2.78. The summed E-state index contributed by atoms with van der Waals surface area (Å²) < 4.78 is 12.6. The molecule has 1 amide bonds. The Hall–Kier alpha value is -3.62. The van der Waals surface area contributed by atoms with Crippen LogP contribution in [0.3, 0.4) is 0 Å². The number of nitrogens with one attached hydrogen (secondary N) is 1. The van der Waals surface area contributed by atoms with Crippen LogP contribution in [0.1, 0.15) is 44.0 Å². The van der Waals surface area contributed by atoms with Crippen molar-refractivity contribution in [2.75, 3.05) is 18.2 Å². The quantitative estimate of drug-likeness (QED) is 0.637. The van der Waals surface area contributed by atoms with Crippen LogP contribution in [-0.4, -0.2) is 44.8 Å². The number of nitrogens with zero attached hydrogens (tertiary/aromatic N) is 5. The van der Waals surface area contributed by atoms with E-state index in [4.69, 9.17) is 14.5 Å². The summed E-state index contributed by atoms with van der Waals surface area (Å²) in [7, 11) is 0. The molecule has 1 aromatic carbocycles. The predicted octanol–water partition coefficient (Wildman–Crippen LogP) is 2.80. The molecular weight excluding hydrogens is 408 g/mol. The molecule has 2 aliphatic heterocycles. The zero-order chi connectivity index (χ0) is 22.1. The van der Waals surface area contributed by atoms with Crippen molar-refractivity contribution < 1.29 is 14.3 Å². The van der Waals surface area contributed by atoms with Crippen LogP contribution in [0.15, 0.2) is 43.0 Å². The van der Waals surface area contributed by atoms with Crippen molar-refractivity contribution in [3.05, 3.63) is 54.2 Å². The molecule has 2 atom stereocenters. The summed E-state index contributed by atoms with van der Waals surface area (Å²) in [6.07, 6.45) is 7.70. The fraction of sp³-hybridized carbons (Fsp3) is 0.391. The number of hydrogen-bond acceptors (Lipinski definition) is 7. The van der Waals surface area contributed by atoms with Gasteiger partial charge in [-0.1, -0.05) is 13.0 Å². The van der Waals surface area contributed by atoms with Crippen molar-refractivity contribution in [2.24, 2.45) is 0 Å². The monoisotopic (exact) mass is 434 g/mol. The Morgan fingerprint density at radius 1 is 1.25 bits per heavy atom. The number of aromatic nitrogens is 4. The Labute approximate surface area is 186 Å². The number of anilines is 1. The largest absolute Gasteiger partial charge is 0.454 e. The number of hydrogen-bond donors (Lipinski definition) is 1. The first-order valence-corrected chi connectivity index (χ1v) is 10.9. The molecule has 2 unspecified atom stereocenters. The molecule has 32 heavy (non-hydrogen) atoms. The maximum Gasteiger partial charge on any atom is 0.243 e. The number of amides is 1. The molecule has 9 heteroatoms. The average molecular weight is 435 g/mol. The summed E-state index contributed by atoms with van der Waals surface area (Å²) in [5, 5.41) is 3.16. The van der Waals surface area contributed by atoms with E-state index in [0.29, 0.717) is 11.7 Å². The number of aryl methyl sites for hydroxylation is 1. The van der Waals surface area contributed by atoms with Crippen molar-refractivity contribution in [3.8, 4) is 17.4 Å². The van der Waals surface area contributed by atoms with E-state index in [2.05, 4.69) is 27.1 Å². The highest BCUT2D eigenvalue weighted by Crippen LogP contribution is 2.34. The highest BCUT2D eigenvalue weighted by Gasteiger charge is 2.33. The van der Waals surface area contributed by atoms with Gasteiger partial charge in [-0.25, -0.2) is 9.97 Å². The third-order valence-corrected chi connectivity index (χ3v) is 5.96. The molecule has 2 aromatic heterocycles. The molecule has 1 fully saturated rings. The van der Waals surface area contributed by atoms with E-state index < -0.39 is 0 Å². The zero-order valence-corrected chi connectivity index (χ0v) is 18.2. The van der Waals surface area contributed by atoms with Crippen molar-refractivity contribution in [3.63, 3.8) is 0 Å². The first kappa shape index (κ1) is 20.3. The minimum atomic E-state index is -0.276. The number of benzene rings is 1. The molecule has 3 aromatic rings. The van der Waals surface area contributed by atoms with Gasteiger partial charge in [-0.3, -0.25) is 9.36 Å². The van der Waals surface area contributed by atoms with Crippen molar-refractivity contribution in [2.45, 2.75) is 45.2 Å². The third-order valence-electron chi connectivity index (χ3n) is 5.96. The molecule has 0 aliphatic carbocycles. The van der Waals surface area contributed by atoms with Crippen LogP contribution in [0.4, 0.5) is 5.82 Å². The summed E-state index contributed by atoms with van der Waals surface area (Å²) >= 11 is 0. The van der Waals surface area contributed by atoms with Gasteiger partial charge in [0, 0.05) is 30.7 Å². The third kappa shape index (κ3) is 3.86. The Morgan fingerprint density at radius 2 is 2.12 bits per heavy atom. The lowest BCUT2D eigenvalue weighted by molar-refractivity contribution is -0.122. The van der Waals surface area contributed by atoms with Gasteiger partial charge in [0.2, 0.25) is 18.6 Å². The number of carbonyl (C=O) groups excluding carboxylic acids is 1. The van der Waals surface area contributed by atoms with Gasteiger partial charge < -0.3 is 19.7 Å². The Morgan fingerprint density at radius 3 is 2.94 bits per heavy atom. The minimum Gasteiger partial charge on any atom is -0.454 e. The number of fused-ring (bicyclic) bond motifs is 1. The summed E-state index contributed by atoms with van der Waals surface area (Å²) in [5.41, 5.74) is 1.91. The van der Waals surface area contributed by atoms with Gasteiger partial charge in [-0.2, -0.15) is 4.98 Å². The van der Waals surface area contributed by atoms with Gasteiger partial charge in [0.05, 0.1) is 6.04 Å². The number of rotatable bonds is 6. The maximum absolute atomic E-state index is 13.2. The smallest absolute Gasteiger partial charge is 0.243 e. The van der Waals surface area contributed by atoms with E-state index in [1.54, 1.807) is 17.1 Å². The van der Waals surface area contributed by atoms with Crippen LogP contribution in [0.2, 0.25) is 0 Å². The molecule has 0 radical (unpaired) electrons. The van der Waals surface area contributed by atoms with Crippen molar-refractivity contribution in [1.29, 1.82) is 0 Å². The van der Waals surface area contributed by atoms with E-state index in [-0.39, 0.29) is 24.8 Å². The molecule has 4 heterocycles. The molecule has 166 valence electrons. The van der Waals surface area contributed by atoms with Crippen LogP contribution < -0.4 is 19.7 Å². The Balaban J connectivity index is 1.35.